The highest BCUT2D eigenvalue weighted by atomic mass is 16.6. The van der Waals surface area contributed by atoms with E-state index >= 15 is 0 Å². The number of carbonyl (C=O) groups excluding carboxylic acids is 2. The molecule has 0 saturated carbocycles. The number of ether oxygens (including phenoxy) is 2. The Balaban J connectivity index is 2.46. The second-order valence-electron chi connectivity index (χ2n) is 7.89. The highest BCUT2D eigenvalue weighted by Crippen LogP contribution is 2.09. The van der Waals surface area contributed by atoms with Gasteiger partial charge in [-0.1, -0.05) is 30.4 Å². The van der Waals surface area contributed by atoms with Crippen LogP contribution in [0.4, 0.5) is 9.59 Å². The van der Waals surface area contributed by atoms with Gasteiger partial charge in [-0.3, -0.25) is 0 Å². The first-order valence-electron chi connectivity index (χ1n) is 8.64. The highest BCUT2D eigenvalue weighted by Gasteiger charge is 2.16. The predicted octanol–water partition coefficient (Wildman–Crippen LogP) is 4.25. The summed E-state index contributed by atoms with van der Waals surface area (Å²) in [5, 5.41) is 5.39. The summed E-state index contributed by atoms with van der Waals surface area (Å²) >= 11 is 0. The van der Waals surface area contributed by atoms with E-state index in [1.165, 1.54) is 0 Å². The van der Waals surface area contributed by atoms with Crippen LogP contribution in [0.1, 0.15) is 52.7 Å². The molecule has 1 aromatic rings. The van der Waals surface area contributed by atoms with Crippen LogP contribution in [0.3, 0.4) is 0 Å². The van der Waals surface area contributed by atoms with Gasteiger partial charge in [-0.2, -0.15) is 0 Å². The number of hydrogen-bond donors (Lipinski definition) is 2. The maximum absolute atomic E-state index is 11.7. The Hall–Kier alpha value is -2.50. The predicted molar refractivity (Wildman–Crippen MR) is 103 cm³/mol. The van der Waals surface area contributed by atoms with Crippen molar-refractivity contribution >= 4 is 18.3 Å². The maximum Gasteiger partial charge on any atom is 0.407 e. The summed E-state index contributed by atoms with van der Waals surface area (Å²) in [6, 6.07) is 7.74. The lowest BCUT2D eigenvalue weighted by Crippen LogP contribution is -2.32. The number of amides is 2. The van der Waals surface area contributed by atoms with E-state index in [4.69, 9.17) is 9.47 Å². The molecule has 2 amide bonds. The van der Waals surface area contributed by atoms with Gasteiger partial charge < -0.3 is 20.1 Å². The molecule has 0 fully saturated rings. The van der Waals surface area contributed by atoms with E-state index in [0.717, 1.165) is 11.1 Å². The van der Waals surface area contributed by atoms with E-state index in [9.17, 15) is 9.59 Å². The summed E-state index contributed by atoms with van der Waals surface area (Å²) in [4.78, 5) is 23.2. The van der Waals surface area contributed by atoms with Crippen molar-refractivity contribution < 1.29 is 19.1 Å². The Labute approximate surface area is 156 Å². The van der Waals surface area contributed by atoms with Gasteiger partial charge in [0.05, 0.1) is 0 Å². The minimum atomic E-state index is -0.518. The number of carbonyl (C=O) groups is 2. The number of benzene rings is 1. The van der Waals surface area contributed by atoms with Crippen molar-refractivity contribution in [2.45, 2.75) is 59.3 Å². The normalized spacial score (nSPS) is 11.9. The summed E-state index contributed by atoms with van der Waals surface area (Å²) < 4.78 is 10.4. The fourth-order valence-electron chi connectivity index (χ4n) is 1.95. The molecule has 2 N–H and O–H groups in total. The quantitative estimate of drug-likeness (QED) is 0.821. The molecule has 0 saturated heterocycles. The molecule has 26 heavy (non-hydrogen) atoms. The van der Waals surface area contributed by atoms with Gasteiger partial charge in [0.1, 0.15) is 11.2 Å². The van der Waals surface area contributed by atoms with E-state index in [2.05, 4.69) is 10.6 Å². The molecule has 1 rings (SSSR count). The molecule has 6 nitrogen and oxygen atoms in total. The SMILES string of the molecule is CC(C)(C)OC(=O)NCC=Cc1cccc(CNC(=O)OC(C)(C)C)c1. The lowest BCUT2D eigenvalue weighted by atomic mass is 10.1. The molecule has 6 heteroatoms. The Kier molecular flexibility index (Phi) is 7.68. The lowest BCUT2D eigenvalue weighted by Gasteiger charge is -2.19. The average Bonchev–Trinajstić information content (AvgIpc) is 2.47. The average molecular weight is 362 g/mol. The fourth-order valence-corrected chi connectivity index (χ4v) is 1.95. The van der Waals surface area contributed by atoms with Crippen molar-refractivity contribution in [2.75, 3.05) is 6.54 Å². The largest absolute Gasteiger partial charge is 0.444 e. The van der Waals surface area contributed by atoms with Gasteiger partial charge in [0.25, 0.3) is 0 Å². The van der Waals surface area contributed by atoms with Crippen LogP contribution in [0.5, 0.6) is 0 Å². The van der Waals surface area contributed by atoms with Crippen LogP contribution in [-0.4, -0.2) is 29.9 Å². The standard InChI is InChI=1S/C20H30N2O4/c1-19(2,3)25-17(23)21-12-8-11-15-9-7-10-16(13-15)14-22-18(24)26-20(4,5)6/h7-11,13H,12,14H2,1-6H3,(H,21,23)(H,22,24). The van der Waals surface area contributed by atoms with E-state index in [1.807, 2.05) is 78.0 Å². The number of alkyl carbamates (subject to hydrolysis) is 2. The van der Waals surface area contributed by atoms with E-state index < -0.39 is 23.4 Å². The zero-order chi connectivity index (χ0) is 19.8. The first-order valence-corrected chi connectivity index (χ1v) is 8.64. The Morgan fingerprint density at radius 2 is 1.54 bits per heavy atom. The Morgan fingerprint density at radius 1 is 0.962 bits per heavy atom. The second-order valence-corrected chi connectivity index (χ2v) is 7.89. The van der Waals surface area contributed by atoms with Gasteiger partial charge in [0.2, 0.25) is 0 Å². The minimum absolute atomic E-state index is 0.370. The van der Waals surface area contributed by atoms with Crippen molar-refractivity contribution in [3.8, 4) is 0 Å². The lowest BCUT2D eigenvalue weighted by molar-refractivity contribution is 0.0516. The molecule has 0 bridgehead atoms. The summed E-state index contributed by atoms with van der Waals surface area (Å²) in [6.45, 7) is 11.7. The molecule has 0 radical (unpaired) electrons. The zero-order valence-corrected chi connectivity index (χ0v) is 16.5. The molecule has 0 unspecified atom stereocenters. The summed E-state index contributed by atoms with van der Waals surface area (Å²) in [6.07, 6.45) is 2.84. The second kappa shape index (κ2) is 9.27. The molecule has 0 aliphatic heterocycles. The number of hydrogen-bond acceptors (Lipinski definition) is 4. The van der Waals surface area contributed by atoms with Crippen molar-refractivity contribution in [2.24, 2.45) is 0 Å². The van der Waals surface area contributed by atoms with Crippen molar-refractivity contribution in [1.29, 1.82) is 0 Å². The smallest absolute Gasteiger partial charge is 0.407 e. The van der Waals surface area contributed by atoms with Crippen LogP contribution in [0.25, 0.3) is 6.08 Å². The Bertz CT molecular complexity index is 640. The van der Waals surface area contributed by atoms with E-state index in [1.54, 1.807) is 0 Å². The molecular formula is C20H30N2O4. The summed E-state index contributed by atoms with van der Waals surface area (Å²) in [5.74, 6) is 0. The van der Waals surface area contributed by atoms with Crippen LogP contribution < -0.4 is 10.6 Å². The van der Waals surface area contributed by atoms with E-state index in [0.29, 0.717) is 13.1 Å². The fraction of sp³-hybridized carbons (Fsp3) is 0.500. The van der Waals surface area contributed by atoms with Crippen LogP contribution in [0, 0.1) is 0 Å². The number of rotatable bonds is 5. The van der Waals surface area contributed by atoms with Crippen LogP contribution in [0.2, 0.25) is 0 Å². The monoisotopic (exact) mass is 362 g/mol. The minimum Gasteiger partial charge on any atom is -0.444 e. The van der Waals surface area contributed by atoms with Gasteiger partial charge in [-0.25, -0.2) is 9.59 Å². The highest BCUT2D eigenvalue weighted by molar-refractivity contribution is 5.68. The van der Waals surface area contributed by atoms with Gasteiger partial charge >= 0.3 is 12.2 Å². The molecule has 0 spiro atoms. The van der Waals surface area contributed by atoms with Crippen LogP contribution >= 0.6 is 0 Å². The van der Waals surface area contributed by atoms with Gasteiger partial charge in [-0.05, 0) is 58.7 Å². The molecule has 0 aromatic heterocycles. The van der Waals surface area contributed by atoms with Crippen molar-refractivity contribution in [1.82, 2.24) is 10.6 Å². The summed E-state index contributed by atoms with van der Waals surface area (Å²) in [5.41, 5.74) is 0.900. The van der Waals surface area contributed by atoms with Gasteiger partial charge in [0.15, 0.2) is 0 Å². The third kappa shape index (κ3) is 10.4. The van der Waals surface area contributed by atoms with Gasteiger partial charge in [0, 0.05) is 13.1 Å². The third-order valence-corrected chi connectivity index (χ3v) is 2.86. The van der Waals surface area contributed by atoms with Crippen molar-refractivity contribution in [3.05, 3.63) is 41.5 Å². The molecule has 0 aliphatic rings. The first kappa shape index (κ1) is 21.5. The maximum atomic E-state index is 11.7. The Morgan fingerprint density at radius 3 is 2.12 bits per heavy atom. The third-order valence-electron chi connectivity index (χ3n) is 2.86. The topological polar surface area (TPSA) is 76.7 Å². The van der Waals surface area contributed by atoms with Gasteiger partial charge in [-0.15, -0.1) is 0 Å². The van der Waals surface area contributed by atoms with Crippen LogP contribution in [0.15, 0.2) is 30.3 Å². The molecule has 0 atom stereocenters. The van der Waals surface area contributed by atoms with Crippen LogP contribution in [-0.2, 0) is 16.0 Å². The first-order chi connectivity index (χ1) is 11.9. The number of nitrogens with one attached hydrogen (secondary N) is 2. The molecular weight excluding hydrogens is 332 g/mol. The zero-order valence-electron chi connectivity index (χ0n) is 16.5. The molecule has 0 aliphatic carbocycles. The van der Waals surface area contributed by atoms with E-state index in [-0.39, 0.29) is 0 Å². The van der Waals surface area contributed by atoms with Crippen molar-refractivity contribution in [3.63, 3.8) is 0 Å². The molecule has 1 aromatic carbocycles. The molecule has 144 valence electrons. The molecule has 0 heterocycles. The summed E-state index contributed by atoms with van der Waals surface area (Å²) in [7, 11) is 0.